The Hall–Kier alpha value is -3.97. The van der Waals surface area contributed by atoms with Gasteiger partial charge in [-0.05, 0) is 49.2 Å². The number of carbonyl (C=O) groups excluding carboxylic acids is 2. The highest BCUT2D eigenvalue weighted by atomic mass is 35.5. The van der Waals surface area contributed by atoms with Crippen LogP contribution in [-0.4, -0.2) is 26.6 Å². The Morgan fingerprint density at radius 1 is 0.781 bits per heavy atom. The molecule has 0 atom stereocenters. The molecule has 0 saturated carbocycles. The van der Waals surface area contributed by atoms with Crippen LogP contribution in [0.5, 0.6) is 0 Å². The van der Waals surface area contributed by atoms with E-state index in [2.05, 4.69) is 20.7 Å². The zero-order valence-electron chi connectivity index (χ0n) is 17.5. The van der Waals surface area contributed by atoms with Crippen molar-refractivity contribution in [3.63, 3.8) is 0 Å². The summed E-state index contributed by atoms with van der Waals surface area (Å²) >= 11 is 6.35. The first kappa shape index (κ1) is 21.3. The molecule has 32 heavy (non-hydrogen) atoms. The zero-order chi connectivity index (χ0) is 22.7. The van der Waals surface area contributed by atoms with Gasteiger partial charge in [-0.15, -0.1) is 5.10 Å². The van der Waals surface area contributed by atoms with Gasteiger partial charge in [0, 0.05) is 11.1 Å². The SMILES string of the molecule is Cc1ccccc1C(=O)Nc1nc(NC(=O)c2ccccc2C)n(-c2ccccc2Cl)n1. The summed E-state index contributed by atoms with van der Waals surface area (Å²) in [5.41, 5.74) is 3.17. The molecule has 2 N–H and O–H groups in total. The summed E-state index contributed by atoms with van der Waals surface area (Å²) in [6.45, 7) is 3.69. The van der Waals surface area contributed by atoms with E-state index >= 15 is 0 Å². The van der Waals surface area contributed by atoms with Crippen molar-refractivity contribution >= 4 is 35.3 Å². The fourth-order valence-electron chi connectivity index (χ4n) is 3.23. The Morgan fingerprint density at radius 2 is 1.31 bits per heavy atom. The molecule has 0 radical (unpaired) electrons. The average molecular weight is 446 g/mol. The minimum Gasteiger partial charge on any atom is -0.290 e. The van der Waals surface area contributed by atoms with Crippen LogP contribution < -0.4 is 10.6 Å². The maximum Gasteiger partial charge on any atom is 0.258 e. The van der Waals surface area contributed by atoms with Gasteiger partial charge in [0.15, 0.2) is 0 Å². The standard InChI is InChI=1S/C24H20ClN5O2/c1-15-9-3-5-11-17(15)21(31)26-23-28-24(27-22(32)18-12-6-4-10-16(18)2)30(29-23)20-14-8-7-13-19(20)25/h3-14H,1-2H3,(H2,26,27,28,29,31,32). The van der Waals surface area contributed by atoms with Gasteiger partial charge in [-0.1, -0.05) is 60.1 Å². The third kappa shape index (κ3) is 4.38. The van der Waals surface area contributed by atoms with Crippen molar-refractivity contribution < 1.29 is 9.59 Å². The third-order valence-corrected chi connectivity index (χ3v) is 5.24. The van der Waals surface area contributed by atoms with Crippen molar-refractivity contribution in [3.8, 4) is 5.69 Å². The fourth-order valence-corrected chi connectivity index (χ4v) is 3.45. The lowest BCUT2D eigenvalue weighted by Gasteiger charge is -2.09. The van der Waals surface area contributed by atoms with Gasteiger partial charge in [-0.3, -0.25) is 20.2 Å². The number of anilines is 2. The second-order valence-corrected chi connectivity index (χ2v) is 7.57. The summed E-state index contributed by atoms with van der Waals surface area (Å²) in [5, 5.41) is 10.3. The van der Waals surface area contributed by atoms with Crippen LogP contribution in [0, 0.1) is 13.8 Å². The number of halogens is 1. The number of benzene rings is 3. The van der Waals surface area contributed by atoms with Crippen molar-refractivity contribution in [2.24, 2.45) is 0 Å². The second kappa shape index (κ2) is 9.03. The lowest BCUT2D eigenvalue weighted by atomic mass is 10.1. The van der Waals surface area contributed by atoms with Crippen molar-refractivity contribution in [2.45, 2.75) is 13.8 Å². The molecule has 0 fully saturated rings. The van der Waals surface area contributed by atoms with Gasteiger partial charge in [-0.2, -0.15) is 9.67 Å². The van der Waals surface area contributed by atoms with Crippen molar-refractivity contribution in [2.75, 3.05) is 10.6 Å². The summed E-state index contributed by atoms with van der Waals surface area (Å²) in [4.78, 5) is 30.0. The highest BCUT2D eigenvalue weighted by molar-refractivity contribution is 6.32. The van der Waals surface area contributed by atoms with E-state index in [4.69, 9.17) is 11.6 Å². The van der Waals surface area contributed by atoms with E-state index in [0.29, 0.717) is 21.8 Å². The monoisotopic (exact) mass is 445 g/mol. The molecule has 4 rings (SSSR count). The zero-order valence-corrected chi connectivity index (χ0v) is 18.2. The molecule has 160 valence electrons. The number of nitrogens with zero attached hydrogens (tertiary/aromatic N) is 3. The van der Waals surface area contributed by atoms with Gasteiger partial charge in [-0.25, -0.2) is 0 Å². The number of hydrogen-bond acceptors (Lipinski definition) is 4. The number of carbonyl (C=O) groups is 2. The summed E-state index contributed by atoms with van der Waals surface area (Å²) in [6.07, 6.45) is 0. The van der Waals surface area contributed by atoms with Gasteiger partial charge in [0.2, 0.25) is 5.95 Å². The van der Waals surface area contributed by atoms with E-state index in [1.54, 1.807) is 48.5 Å². The first-order chi connectivity index (χ1) is 15.4. The summed E-state index contributed by atoms with van der Waals surface area (Å²) < 4.78 is 1.39. The molecule has 4 aromatic rings. The topological polar surface area (TPSA) is 88.9 Å². The smallest absolute Gasteiger partial charge is 0.258 e. The number of amides is 2. The Balaban J connectivity index is 1.70. The lowest BCUT2D eigenvalue weighted by molar-refractivity contribution is 0.101. The molecule has 0 bridgehead atoms. The molecule has 1 aromatic heterocycles. The third-order valence-electron chi connectivity index (χ3n) is 4.92. The molecule has 0 saturated heterocycles. The molecule has 0 aliphatic heterocycles. The highest BCUT2D eigenvalue weighted by Gasteiger charge is 2.19. The Kier molecular flexibility index (Phi) is 6.00. The number of aryl methyl sites for hydroxylation is 2. The van der Waals surface area contributed by atoms with Crippen LogP contribution in [-0.2, 0) is 0 Å². The highest BCUT2D eigenvalue weighted by Crippen LogP contribution is 2.24. The maximum absolute atomic E-state index is 12.9. The molecule has 1 heterocycles. The van der Waals surface area contributed by atoms with Crippen molar-refractivity contribution in [3.05, 3.63) is 100 Å². The Bertz CT molecular complexity index is 1320. The largest absolute Gasteiger partial charge is 0.290 e. The number of rotatable bonds is 5. The van der Waals surface area contributed by atoms with Gasteiger partial charge in [0.25, 0.3) is 17.8 Å². The minimum absolute atomic E-state index is 0.0401. The van der Waals surface area contributed by atoms with E-state index in [1.807, 2.05) is 38.1 Å². The molecule has 0 unspecified atom stereocenters. The molecule has 8 heteroatoms. The van der Waals surface area contributed by atoms with Crippen LogP contribution in [0.2, 0.25) is 5.02 Å². The predicted octanol–water partition coefficient (Wildman–Crippen LogP) is 5.04. The molecular formula is C24H20ClN5O2. The molecule has 7 nitrogen and oxygen atoms in total. The minimum atomic E-state index is -0.351. The van der Waals surface area contributed by atoms with E-state index in [0.717, 1.165) is 11.1 Å². The number of hydrogen-bond donors (Lipinski definition) is 2. The Labute approximate surface area is 190 Å². The van der Waals surface area contributed by atoms with Crippen molar-refractivity contribution in [1.82, 2.24) is 14.8 Å². The van der Waals surface area contributed by atoms with Crippen LogP contribution in [0.4, 0.5) is 11.9 Å². The van der Waals surface area contributed by atoms with E-state index in [9.17, 15) is 9.59 Å². The van der Waals surface area contributed by atoms with E-state index in [1.165, 1.54) is 4.68 Å². The molecule has 0 spiro atoms. The van der Waals surface area contributed by atoms with Gasteiger partial charge < -0.3 is 0 Å². The van der Waals surface area contributed by atoms with Gasteiger partial charge in [0.1, 0.15) is 0 Å². The van der Waals surface area contributed by atoms with Gasteiger partial charge in [0.05, 0.1) is 10.7 Å². The molecule has 2 amide bonds. The predicted molar refractivity (Wildman–Crippen MR) is 125 cm³/mol. The summed E-state index contributed by atoms with van der Waals surface area (Å²) in [6, 6.07) is 21.5. The lowest BCUT2D eigenvalue weighted by Crippen LogP contribution is -2.17. The Morgan fingerprint density at radius 3 is 1.91 bits per heavy atom. The number of aromatic nitrogens is 3. The van der Waals surface area contributed by atoms with E-state index < -0.39 is 0 Å². The van der Waals surface area contributed by atoms with Gasteiger partial charge >= 0.3 is 0 Å². The van der Waals surface area contributed by atoms with Crippen LogP contribution in [0.25, 0.3) is 5.69 Å². The fraction of sp³-hybridized carbons (Fsp3) is 0.0833. The van der Waals surface area contributed by atoms with Crippen LogP contribution in [0.15, 0.2) is 72.8 Å². The quantitative estimate of drug-likeness (QED) is 0.450. The van der Waals surface area contributed by atoms with Crippen LogP contribution >= 0.6 is 11.6 Å². The van der Waals surface area contributed by atoms with Crippen LogP contribution in [0.1, 0.15) is 31.8 Å². The molecule has 0 aliphatic rings. The van der Waals surface area contributed by atoms with Crippen LogP contribution in [0.3, 0.4) is 0 Å². The average Bonchev–Trinajstić information content (AvgIpc) is 3.16. The molecule has 0 aliphatic carbocycles. The number of nitrogens with one attached hydrogen (secondary N) is 2. The second-order valence-electron chi connectivity index (χ2n) is 7.16. The first-order valence-corrected chi connectivity index (χ1v) is 10.3. The molecular weight excluding hydrogens is 426 g/mol. The number of para-hydroxylation sites is 1. The normalized spacial score (nSPS) is 10.6. The van der Waals surface area contributed by atoms with E-state index in [-0.39, 0.29) is 23.7 Å². The van der Waals surface area contributed by atoms with Crippen molar-refractivity contribution in [1.29, 1.82) is 0 Å². The molecule has 3 aromatic carbocycles. The maximum atomic E-state index is 12.9. The first-order valence-electron chi connectivity index (χ1n) is 9.90. The summed E-state index contributed by atoms with van der Waals surface area (Å²) in [5.74, 6) is -0.526. The summed E-state index contributed by atoms with van der Waals surface area (Å²) in [7, 11) is 0.